The molecule has 116 valence electrons. The molecule has 0 radical (unpaired) electrons. The Morgan fingerprint density at radius 3 is 2.26 bits per heavy atom. The van der Waals surface area contributed by atoms with Crippen molar-refractivity contribution in [3.63, 3.8) is 0 Å². The summed E-state index contributed by atoms with van der Waals surface area (Å²) in [5, 5.41) is 11.4. The Morgan fingerprint density at radius 2 is 1.70 bits per heavy atom. The topological polar surface area (TPSA) is 79.2 Å². The smallest absolute Gasteiger partial charge is 0.338 e. The summed E-state index contributed by atoms with van der Waals surface area (Å²) < 4.78 is 4.96. The quantitative estimate of drug-likeness (QED) is 0.881. The molecule has 0 fully saturated rings. The molecule has 0 atom stereocenters. The number of nitrogens with zero attached hydrogens (tertiary/aromatic N) is 1. The maximum absolute atomic E-state index is 11.8. The number of amides is 1. The lowest BCUT2D eigenvalue weighted by atomic mass is 10.1. The number of carbonyl (C=O) groups excluding carboxylic acids is 2. The third-order valence-electron chi connectivity index (χ3n) is 3.09. The molecule has 0 saturated heterocycles. The summed E-state index contributed by atoms with van der Waals surface area (Å²) in [5.74, 6) is -1.01. The molecule has 0 unspecified atom stereocenters. The second-order valence-electron chi connectivity index (χ2n) is 5.19. The van der Waals surface area contributed by atoms with Crippen molar-refractivity contribution in [3.05, 3.63) is 64.7 Å². The van der Waals surface area contributed by atoms with E-state index in [1.807, 2.05) is 38.1 Å². The first kappa shape index (κ1) is 16.2. The summed E-state index contributed by atoms with van der Waals surface area (Å²) in [7, 11) is 0. The van der Waals surface area contributed by atoms with Crippen LogP contribution in [0.15, 0.2) is 42.5 Å². The highest BCUT2D eigenvalue weighted by atomic mass is 16.5. The number of esters is 1. The highest BCUT2D eigenvalue weighted by Gasteiger charge is 2.10. The van der Waals surface area contributed by atoms with Crippen LogP contribution in [0.4, 0.5) is 5.69 Å². The van der Waals surface area contributed by atoms with Gasteiger partial charge in [-0.2, -0.15) is 5.26 Å². The molecule has 5 heteroatoms. The van der Waals surface area contributed by atoms with Gasteiger partial charge in [0.25, 0.3) is 5.91 Å². The Kier molecular flexibility index (Phi) is 5.11. The zero-order valence-electron chi connectivity index (χ0n) is 12.9. The number of ether oxygens (including phenoxy) is 1. The van der Waals surface area contributed by atoms with Gasteiger partial charge in [0.1, 0.15) is 0 Å². The van der Waals surface area contributed by atoms with Crippen LogP contribution in [0.1, 0.15) is 27.0 Å². The summed E-state index contributed by atoms with van der Waals surface area (Å²) in [5.41, 5.74) is 3.49. The van der Waals surface area contributed by atoms with E-state index in [-0.39, 0.29) is 6.61 Å². The van der Waals surface area contributed by atoms with Gasteiger partial charge in [-0.25, -0.2) is 4.79 Å². The fraction of sp³-hybridized carbons (Fsp3) is 0.167. The SMILES string of the molecule is Cc1cc(C)cc(NC(=O)COC(=O)c2ccc(C#N)cc2)c1. The van der Waals surface area contributed by atoms with Gasteiger partial charge in [0.05, 0.1) is 17.2 Å². The third kappa shape index (κ3) is 4.68. The molecule has 1 amide bonds. The normalized spacial score (nSPS) is 9.78. The van der Waals surface area contributed by atoms with Crippen LogP contribution in [-0.2, 0) is 9.53 Å². The van der Waals surface area contributed by atoms with Gasteiger partial charge >= 0.3 is 5.97 Å². The summed E-state index contributed by atoms with van der Waals surface area (Å²) in [4.78, 5) is 23.7. The molecule has 1 N–H and O–H groups in total. The highest BCUT2D eigenvalue weighted by molar-refractivity contribution is 5.95. The third-order valence-corrected chi connectivity index (χ3v) is 3.09. The van der Waals surface area contributed by atoms with E-state index in [9.17, 15) is 9.59 Å². The van der Waals surface area contributed by atoms with Crippen LogP contribution in [0, 0.1) is 25.2 Å². The number of hydrogen-bond donors (Lipinski definition) is 1. The van der Waals surface area contributed by atoms with Crippen molar-refractivity contribution >= 4 is 17.6 Å². The summed E-state index contributed by atoms with van der Waals surface area (Å²) in [6.45, 7) is 3.51. The molecule has 2 aromatic rings. The van der Waals surface area contributed by atoms with E-state index < -0.39 is 11.9 Å². The van der Waals surface area contributed by atoms with Gasteiger partial charge in [0, 0.05) is 5.69 Å². The Hall–Kier alpha value is -3.13. The van der Waals surface area contributed by atoms with Crippen LogP contribution < -0.4 is 5.32 Å². The maximum Gasteiger partial charge on any atom is 0.338 e. The van der Waals surface area contributed by atoms with E-state index >= 15 is 0 Å². The van der Waals surface area contributed by atoms with Crippen molar-refractivity contribution in [3.8, 4) is 6.07 Å². The first-order valence-electron chi connectivity index (χ1n) is 7.03. The second-order valence-corrected chi connectivity index (χ2v) is 5.19. The zero-order chi connectivity index (χ0) is 16.8. The molecule has 0 aliphatic rings. The molecule has 0 bridgehead atoms. The molecule has 0 heterocycles. The average molecular weight is 308 g/mol. The molecule has 2 rings (SSSR count). The number of aryl methyl sites for hydroxylation is 2. The largest absolute Gasteiger partial charge is 0.452 e. The number of benzene rings is 2. The van der Waals surface area contributed by atoms with E-state index in [2.05, 4.69) is 5.32 Å². The van der Waals surface area contributed by atoms with E-state index in [4.69, 9.17) is 10.00 Å². The van der Waals surface area contributed by atoms with E-state index in [0.29, 0.717) is 16.8 Å². The van der Waals surface area contributed by atoms with Crippen molar-refractivity contribution in [2.45, 2.75) is 13.8 Å². The second kappa shape index (κ2) is 7.23. The van der Waals surface area contributed by atoms with Crippen molar-refractivity contribution in [2.24, 2.45) is 0 Å². The predicted molar refractivity (Wildman–Crippen MR) is 86.0 cm³/mol. The Balaban J connectivity index is 1.90. The Labute approximate surface area is 134 Å². The van der Waals surface area contributed by atoms with Gasteiger partial charge in [-0.15, -0.1) is 0 Å². The first-order chi connectivity index (χ1) is 11.0. The molecule has 0 saturated carbocycles. The van der Waals surface area contributed by atoms with Crippen LogP contribution in [0.2, 0.25) is 0 Å². The van der Waals surface area contributed by atoms with Crippen LogP contribution in [0.25, 0.3) is 0 Å². The molecule has 23 heavy (non-hydrogen) atoms. The lowest BCUT2D eigenvalue weighted by molar-refractivity contribution is -0.119. The summed E-state index contributed by atoms with van der Waals surface area (Å²) >= 11 is 0. The van der Waals surface area contributed by atoms with Gasteiger partial charge in [0.2, 0.25) is 0 Å². The Bertz CT molecular complexity index is 754. The van der Waals surface area contributed by atoms with E-state index in [1.165, 1.54) is 24.3 Å². The molecule has 0 spiro atoms. The lowest BCUT2D eigenvalue weighted by Gasteiger charge is -2.08. The molecule has 0 aromatic heterocycles. The molecule has 5 nitrogen and oxygen atoms in total. The standard InChI is InChI=1S/C18H16N2O3/c1-12-7-13(2)9-16(8-12)20-17(21)11-23-18(22)15-5-3-14(10-19)4-6-15/h3-9H,11H2,1-2H3,(H,20,21). The number of hydrogen-bond acceptors (Lipinski definition) is 4. The van der Waals surface area contributed by atoms with Crippen molar-refractivity contribution in [1.82, 2.24) is 0 Å². The monoisotopic (exact) mass is 308 g/mol. The minimum atomic E-state index is -0.606. The number of rotatable bonds is 4. The lowest BCUT2D eigenvalue weighted by Crippen LogP contribution is -2.21. The van der Waals surface area contributed by atoms with Gasteiger partial charge in [-0.3, -0.25) is 4.79 Å². The number of carbonyl (C=O) groups is 2. The van der Waals surface area contributed by atoms with E-state index in [0.717, 1.165) is 11.1 Å². The highest BCUT2D eigenvalue weighted by Crippen LogP contribution is 2.13. The summed E-state index contributed by atoms with van der Waals surface area (Å²) in [6.07, 6.45) is 0. The fourth-order valence-electron chi connectivity index (χ4n) is 2.14. The minimum Gasteiger partial charge on any atom is -0.452 e. The van der Waals surface area contributed by atoms with Crippen LogP contribution >= 0.6 is 0 Å². The zero-order valence-corrected chi connectivity index (χ0v) is 12.9. The first-order valence-corrected chi connectivity index (χ1v) is 7.03. The molecular weight excluding hydrogens is 292 g/mol. The van der Waals surface area contributed by atoms with Crippen molar-refractivity contribution in [1.29, 1.82) is 5.26 Å². The molecular formula is C18H16N2O3. The minimum absolute atomic E-state index is 0.295. The van der Waals surface area contributed by atoms with Gasteiger partial charge in [0.15, 0.2) is 6.61 Å². The van der Waals surface area contributed by atoms with Crippen LogP contribution in [-0.4, -0.2) is 18.5 Å². The molecule has 0 aliphatic carbocycles. The van der Waals surface area contributed by atoms with Crippen LogP contribution in [0.5, 0.6) is 0 Å². The van der Waals surface area contributed by atoms with Crippen LogP contribution in [0.3, 0.4) is 0 Å². The van der Waals surface area contributed by atoms with Crippen molar-refractivity contribution < 1.29 is 14.3 Å². The Morgan fingerprint density at radius 1 is 1.09 bits per heavy atom. The molecule has 2 aromatic carbocycles. The summed E-state index contributed by atoms with van der Waals surface area (Å²) in [6, 6.07) is 13.7. The van der Waals surface area contributed by atoms with Gasteiger partial charge in [-0.05, 0) is 61.4 Å². The number of nitriles is 1. The van der Waals surface area contributed by atoms with Gasteiger partial charge < -0.3 is 10.1 Å². The van der Waals surface area contributed by atoms with Gasteiger partial charge in [-0.1, -0.05) is 6.07 Å². The van der Waals surface area contributed by atoms with Crippen molar-refractivity contribution in [2.75, 3.05) is 11.9 Å². The number of anilines is 1. The average Bonchev–Trinajstić information content (AvgIpc) is 2.51. The molecule has 0 aliphatic heterocycles. The fourth-order valence-corrected chi connectivity index (χ4v) is 2.14. The predicted octanol–water partition coefficient (Wildman–Crippen LogP) is 2.97. The van der Waals surface area contributed by atoms with E-state index in [1.54, 1.807) is 0 Å². The number of nitrogens with one attached hydrogen (secondary N) is 1. The maximum atomic E-state index is 11.8.